The number of anilines is 1. The van der Waals surface area contributed by atoms with E-state index in [2.05, 4.69) is 15.1 Å². The molecule has 0 saturated carbocycles. The maximum atomic E-state index is 13.4. The van der Waals surface area contributed by atoms with E-state index in [0.717, 1.165) is 0 Å². The molecule has 0 atom stereocenters. The van der Waals surface area contributed by atoms with Gasteiger partial charge in [-0.3, -0.25) is 9.69 Å². The zero-order chi connectivity index (χ0) is 17.1. The molecule has 2 heterocycles. The number of carbonyl (C=O) groups excluding carboxylic acids is 1. The Hall–Kier alpha value is -2.39. The molecule has 0 radical (unpaired) electrons. The predicted molar refractivity (Wildman–Crippen MR) is 90.5 cm³/mol. The van der Waals surface area contributed by atoms with Crippen molar-refractivity contribution < 1.29 is 9.18 Å². The van der Waals surface area contributed by atoms with Gasteiger partial charge < -0.3 is 4.90 Å². The quantitative estimate of drug-likeness (QED) is 0.677. The molecule has 1 amide bonds. The summed E-state index contributed by atoms with van der Waals surface area (Å²) in [6.07, 6.45) is 2.88. The van der Waals surface area contributed by atoms with E-state index < -0.39 is 0 Å². The number of benzene rings is 1. The van der Waals surface area contributed by atoms with Gasteiger partial charge in [-0.15, -0.1) is 0 Å². The van der Waals surface area contributed by atoms with E-state index in [-0.39, 0.29) is 18.3 Å². The van der Waals surface area contributed by atoms with Crippen LogP contribution in [0.4, 0.5) is 9.52 Å². The molecule has 1 aromatic carbocycles. The van der Waals surface area contributed by atoms with Crippen LogP contribution in [0.5, 0.6) is 0 Å². The zero-order valence-electron chi connectivity index (χ0n) is 13.4. The number of likely N-dealkylation sites (N-methyl/N-ethyl adjacent to an activating group) is 1. The van der Waals surface area contributed by atoms with E-state index in [9.17, 15) is 9.18 Å². The van der Waals surface area contributed by atoms with Gasteiger partial charge in [0.2, 0.25) is 0 Å². The Labute approximate surface area is 142 Å². The average molecular weight is 348 g/mol. The minimum absolute atomic E-state index is 0.0811. The van der Waals surface area contributed by atoms with Crippen LogP contribution in [0.25, 0.3) is 10.2 Å². The van der Waals surface area contributed by atoms with Gasteiger partial charge in [-0.05, 0) is 32.3 Å². The smallest absolute Gasteiger partial charge is 0.250 e. The van der Waals surface area contributed by atoms with Crippen molar-refractivity contribution in [3.05, 3.63) is 36.7 Å². The summed E-state index contributed by atoms with van der Waals surface area (Å²) < 4.78 is 15.6. The molecule has 126 valence electrons. The molecule has 24 heavy (non-hydrogen) atoms. The van der Waals surface area contributed by atoms with Gasteiger partial charge in [0.25, 0.3) is 5.91 Å². The maximum absolute atomic E-state index is 13.4. The number of aromatic nitrogens is 4. The lowest BCUT2D eigenvalue weighted by Crippen LogP contribution is -2.38. The summed E-state index contributed by atoms with van der Waals surface area (Å²) >= 11 is 1.30. The minimum Gasteiger partial charge on any atom is -0.308 e. The first-order chi connectivity index (χ1) is 11.5. The summed E-state index contributed by atoms with van der Waals surface area (Å²) in [4.78, 5) is 24.6. The highest BCUT2D eigenvalue weighted by molar-refractivity contribution is 7.22. The predicted octanol–water partition coefficient (Wildman–Crippen LogP) is 1.62. The highest BCUT2D eigenvalue weighted by Gasteiger charge is 2.20. The number of carbonyl (C=O) groups is 1. The zero-order valence-corrected chi connectivity index (χ0v) is 14.2. The summed E-state index contributed by atoms with van der Waals surface area (Å²) in [5.74, 6) is -0.451. The second-order valence-electron chi connectivity index (χ2n) is 5.55. The van der Waals surface area contributed by atoms with Crippen molar-refractivity contribution in [1.82, 2.24) is 24.6 Å². The standard InChI is InChI=1S/C15H17FN6OS/c1-20(2)5-6-22(14(23)8-21-10-17-9-18-21)15-19-12-4-3-11(16)7-13(12)24-15/h3-4,7,9-10H,5-6,8H2,1-2H3. The number of nitrogens with zero attached hydrogens (tertiary/aromatic N) is 6. The third kappa shape index (κ3) is 3.74. The van der Waals surface area contributed by atoms with Gasteiger partial charge >= 0.3 is 0 Å². The van der Waals surface area contributed by atoms with Gasteiger partial charge in [0.05, 0.1) is 10.2 Å². The molecule has 0 aliphatic carbocycles. The highest BCUT2D eigenvalue weighted by atomic mass is 32.1. The van der Waals surface area contributed by atoms with Crippen molar-refractivity contribution in [2.24, 2.45) is 0 Å². The molecular weight excluding hydrogens is 331 g/mol. The highest BCUT2D eigenvalue weighted by Crippen LogP contribution is 2.29. The van der Waals surface area contributed by atoms with Crippen molar-refractivity contribution in [2.45, 2.75) is 6.54 Å². The van der Waals surface area contributed by atoms with Crippen LogP contribution in [0, 0.1) is 5.82 Å². The number of hydrogen-bond acceptors (Lipinski definition) is 6. The molecule has 0 unspecified atom stereocenters. The van der Waals surface area contributed by atoms with E-state index in [1.807, 2.05) is 19.0 Å². The Balaban J connectivity index is 1.88. The number of halogens is 1. The minimum atomic E-state index is -0.313. The monoisotopic (exact) mass is 348 g/mol. The van der Waals surface area contributed by atoms with E-state index >= 15 is 0 Å². The number of fused-ring (bicyclic) bond motifs is 1. The van der Waals surface area contributed by atoms with Crippen LogP contribution in [-0.4, -0.2) is 57.7 Å². The second kappa shape index (κ2) is 7.02. The Morgan fingerprint density at radius 2 is 2.17 bits per heavy atom. The van der Waals surface area contributed by atoms with Crippen molar-refractivity contribution >= 4 is 32.6 Å². The molecule has 0 fully saturated rings. The molecule has 2 aromatic heterocycles. The summed E-state index contributed by atoms with van der Waals surface area (Å²) in [5.41, 5.74) is 0.680. The Morgan fingerprint density at radius 3 is 2.88 bits per heavy atom. The molecule has 0 bridgehead atoms. The van der Waals surface area contributed by atoms with Gasteiger partial charge in [0.15, 0.2) is 5.13 Å². The van der Waals surface area contributed by atoms with Crippen LogP contribution in [0.2, 0.25) is 0 Å². The van der Waals surface area contributed by atoms with Crippen LogP contribution >= 0.6 is 11.3 Å². The van der Waals surface area contributed by atoms with Gasteiger partial charge in [0.1, 0.15) is 25.0 Å². The van der Waals surface area contributed by atoms with E-state index in [1.54, 1.807) is 11.0 Å². The summed E-state index contributed by atoms with van der Waals surface area (Å²) in [5, 5.41) is 4.52. The molecule has 0 spiro atoms. The summed E-state index contributed by atoms with van der Waals surface area (Å²) in [7, 11) is 3.88. The topological polar surface area (TPSA) is 67.2 Å². The third-order valence-corrected chi connectivity index (χ3v) is 4.45. The van der Waals surface area contributed by atoms with Gasteiger partial charge in [0, 0.05) is 13.1 Å². The average Bonchev–Trinajstić information content (AvgIpc) is 3.16. The Bertz CT molecular complexity index is 832. The molecule has 3 rings (SSSR count). The van der Waals surface area contributed by atoms with Gasteiger partial charge in [-0.1, -0.05) is 11.3 Å². The van der Waals surface area contributed by atoms with Crippen LogP contribution in [0.15, 0.2) is 30.9 Å². The summed E-state index contributed by atoms with van der Waals surface area (Å²) in [6.45, 7) is 1.26. The van der Waals surface area contributed by atoms with Gasteiger partial charge in [-0.2, -0.15) is 5.10 Å². The first kappa shape index (κ1) is 16.5. The largest absolute Gasteiger partial charge is 0.308 e. The van der Waals surface area contributed by atoms with Crippen LogP contribution < -0.4 is 4.90 Å². The number of hydrogen-bond donors (Lipinski definition) is 0. The van der Waals surface area contributed by atoms with Crippen LogP contribution in [-0.2, 0) is 11.3 Å². The molecule has 9 heteroatoms. The molecular formula is C15H17FN6OS. The van der Waals surface area contributed by atoms with Crippen molar-refractivity contribution in [3.63, 3.8) is 0 Å². The molecule has 7 nitrogen and oxygen atoms in total. The van der Waals surface area contributed by atoms with Gasteiger partial charge in [-0.25, -0.2) is 19.0 Å². The lowest BCUT2D eigenvalue weighted by Gasteiger charge is -2.21. The first-order valence-electron chi connectivity index (χ1n) is 7.36. The SMILES string of the molecule is CN(C)CCN(C(=O)Cn1cncn1)c1nc2ccc(F)cc2s1. The second-order valence-corrected chi connectivity index (χ2v) is 6.56. The molecule has 0 N–H and O–H groups in total. The Morgan fingerprint density at radius 1 is 1.33 bits per heavy atom. The third-order valence-electron chi connectivity index (χ3n) is 3.41. The van der Waals surface area contributed by atoms with Crippen LogP contribution in [0.3, 0.4) is 0 Å². The van der Waals surface area contributed by atoms with Crippen LogP contribution in [0.1, 0.15) is 0 Å². The maximum Gasteiger partial charge on any atom is 0.250 e. The number of rotatable bonds is 6. The fourth-order valence-electron chi connectivity index (χ4n) is 2.17. The van der Waals surface area contributed by atoms with Crippen molar-refractivity contribution in [1.29, 1.82) is 0 Å². The number of thiazole rings is 1. The van der Waals surface area contributed by atoms with Crippen molar-refractivity contribution in [3.8, 4) is 0 Å². The Kier molecular flexibility index (Phi) is 4.81. The molecule has 0 aliphatic heterocycles. The fraction of sp³-hybridized carbons (Fsp3) is 0.333. The molecule has 0 aliphatic rings. The summed E-state index contributed by atoms with van der Waals surface area (Å²) in [6, 6.07) is 4.42. The lowest BCUT2D eigenvalue weighted by molar-refractivity contribution is -0.119. The normalized spacial score (nSPS) is 11.3. The van der Waals surface area contributed by atoms with E-state index in [1.165, 1.54) is 40.8 Å². The molecule has 0 saturated heterocycles. The number of amides is 1. The molecule has 3 aromatic rings. The lowest BCUT2D eigenvalue weighted by atomic mass is 10.3. The van der Waals surface area contributed by atoms with E-state index in [4.69, 9.17) is 0 Å². The fourth-order valence-corrected chi connectivity index (χ4v) is 3.20. The van der Waals surface area contributed by atoms with E-state index in [0.29, 0.717) is 28.4 Å². The first-order valence-corrected chi connectivity index (χ1v) is 8.18. The van der Waals surface area contributed by atoms with Crippen molar-refractivity contribution in [2.75, 3.05) is 32.1 Å².